The zero-order valence-electron chi connectivity index (χ0n) is 39.1. The van der Waals surface area contributed by atoms with E-state index in [9.17, 15) is 0 Å². The summed E-state index contributed by atoms with van der Waals surface area (Å²) >= 11 is 0. The number of imidazole rings is 1. The van der Waals surface area contributed by atoms with Gasteiger partial charge in [-0.05, 0) is 117 Å². The van der Waals surface area contributed by atoms with E-state index in [2.05, 4.69) is 250 Å². The van der Waals surface area contributed by atoms with Crippen LogP contribution in [0.25, 0.3) is 66.6 Å². The molecule has 9 rings (SSSR count). The summed E-state index contributed by atoms with van der Waals surface area (Å²) in [5.41, 5.74) is 17.8. The Kier molecular flexibility index (Phi) is 13.7. The number of allylic oxidation sites excluding steroid dienone is 18. The minimum Gasteiger partial charge on any atom is -0.338 e. The normalized spacial score (nSPS) is 15.7. The van der Waals surface area contributed by atoms with Gasteiger partial charge in [0.25, 0.3) is 0 Å². The number of nitrogens with zero attached hydrogens (tertiary/aromatic N) is 3. The van der Waals surface area contributed by atoms with Gasteiger partial charge in [0.1, 0.15) is 5.65 Å². The van der Waals surface area contributed by atoms with Gasteiger partial charge in [0.2, 0.25) is 0 Å². The van der Waals surface area contributed by atoms with Crippen LogP contribution in [0.15, 0.2) is 237 Å². The lowest BCUT2D eigenvalue weighted by atomic mass is 9.87. The van der Waals surface area contributed by atoms with Crippen LogP contribution < -0.4 is 4.90 Å². The molecule has 2 heterocycles. The van der Waals surface area contributed by atoms with Crippen molar-refractivity contribution in [1.29, 1.82) is 0 Å². The second-order valence-electron chi connectivity index (χ2n) is 17.5. The number of aromatic nitrogens is 2. The first-order valence-corrected chi connectivity index (χ1v) is 23.8. The van der Waals surface area contributed by atoms with Crippen LogP contribution in [0.1, 0.15) is 63.1 Å². The highest BCUT2D eigenvalue weighted by molar-refractivity contribution is 6.16. The molecule has 7 aromatic rings. The van der Waals surface area contributed by atoms with E-state index in [-0.39, 0.29) is 0 Å². The number of hydrogen-bond donors (Lipinski definition) is 0. The summed E-state index contributed by atoms with van der Waals surface area (Å²) in [4.78, 5) is 7.79. The van der Waals surface area contributed by atoms with Crippen LogP contribution in [0.2, 0.25) is 0 Å². The maximum atomic E-state index is 5.49. The van der Waals surface area contributed by atoms with E-state index in [1.54, 1.807) is 0 Å². The largest absolute Gasteiger partial charge is 0.338 e. The summed E-state index contributed by atoms with van der Waals surface area (Å²) in [5, 5.41) is 2.35. The average molecular weight is 870 g/mol. The molecule has 5 aromatic carbocycles. The van der Waals surface area contributed by atoms with E-state index in [0.717, 1.165) is 98.2 Å². The van der Waals surface area contributed by atoms with Crippen molar-refractivity contribution in [2.24, 2.45) is 5.92 Å². The van der Waals surface area contributed by atoms with Crippen LogP contribution in [0.3, 0.4) is 0 Å². The van der Waals surface area contributed by atoms with Gasteiger partial charge < -0.3 is 4.90 Å². The fourth-order valence-corrected chi connectivity index (χ4v) is 9.21. The highest BCUT2D eigenvalue weighted by Gasteiger charge is 2.23. The van der Waals surface area contributed by atoms with E-state index < -0.39 is 0 Å². The van der Waals surface area contributed by atoms with Crippen molar-refractivity contribution in [1.82, 2.24) is 9.38 Å². The molecular formula is C64H59N3. The fourth-order valence-electron chi connectivity index (χ4n) is 9.21. The fraction of sp³-hybridized carbons (Fsp3) is 0.141. The summed E-state index contributed by atoms with van der Waals surface area (Å²) in [5.74, 6) is 0.682. The van der Waals surface area contributed by atoms with Crippen LogP contribution in [0, 0.1) is 5.92 Å². The number of rotatable bonds is 15. The second kappa shape index (κ2) is 20.6. The van der Waals surface area contributed by atoms with Crippen LogP contribution in [-0.2, 0) is 0 Å². The van der Waals surface area contributed by atoms with Crippen molar-refractivity contribution < 1.29 is 0 Å². The quantitative estimate of drug-likeness (QED) is 0.0756. The molecule has 2 aromatic heterocycles. The summed E-state index contributed by atoms with van der Waals surface area (Å²) in [6, 6.07) is 41.5. The van der Waals surface area contributed by atoms with Crippen molar-refractivity contribution in [2.45, 2.75) is 46.5 Å². The van der Waals surface area contributed by atoms with E-state index in [1.807, 2.05) is 6.08 Å². The number of fused-ring (bicyclic) bond motifs is 4. The molecule has 0 N–H and O–H groups in total. The molecule has 0 saturated heterocycles. The van der Waals surface area contributed by atoms with Gasteiger partial charge in [0.15, 0.2) is 0 Å². The van der Waals surface area contributed by atoms with E-state index in [1.165, 1.54) is 34.1 Å². The van der Waals surface area contributed by atoms with Gasteiger partial charge in [-0.15, -0.1) is 0 Å². The van der Waals surface area contributed by atoms with Crippen molar-refractivity contribution in [2.75, 3.05) is 11.4 Å². The van der Waals surface area contributed by atoms with Gasteiger partial charge in [0.05, 0.1) is 11.0 Å². The molecule has 0 fully saturated rings. The maximum absolute atomic E-state index is 5.49. The summed E-state index contributed by atoms with van der Waals surface area (Å²) in [6.45, 7) is 16.2. The molecular weight excluding hydrogens is 811 g/mol. The first-order chi connectivity index (χ1) is 32.9. The molecule has 0 saturated carbocycles. The molecule has 1 unspecified atom stereocenters. The molecule has 0 spiro atoms. The first-order valence-electron chi connectivity index (χ1n) is 23.8. The van der Waals surface area contributed by atoms with Crippen molar-refractivity contribution in [3.63, 3.8) is 0 Å². The maximum Gasteiger partial charge on any atom is 0.137 e. The minimum atomic E-state index is 0.682. The zero-order chi connectivity index (χ0) is 46.1. The lowest BCUT2D eigenvalue weighted by Crippen LogP contribution is -2.21. The highest BCUT2D eigenvalue weighted by Crippen LogP contribution is 2.42. The third kappa shape index (κ3) is 9.64. The van der Waals surface area contributed by atoms with E-state index in [0.29, 0.717) is 5.92 Å². The summed E-state index contributed by atoms with van der Waals surface area (Å²) in [6.07, 6.45) is 39.1. The van der Waals surface area contributed by atoms with Crippen molar-refractivity contribution >= 4 is 50.0 Å². The standard InChI is InChI=1S/C64H59N3/c1-6-22-55(44-49-26-14-10-15-27-49)61-58-30-18-19-31-59(58)62(50(8-3)43-48-24-12-9-13-25-48)64-63(61)65-60-41-40-56(45-67(60)64)54-38-36-53(37-39-54)52-34-32-51(33-35-52)47(5)66(57-28-16-11-17-29-57)42-21-20-23-46(4)7-2/h6,8-22,24,26,28-41,43-46H,1,5,7,23,25,27,42H2,2-4H3/b21-20-,48-43-,49-44-,50-8+,55-22+. The molecule has 1 atom stereocenters. The Morgan fingerprint density at radius 2 is 1.30 bits per heavy atom. The van der Waals surface area contributed by atoms with Gasteiger partial charge in [-0.1, -0.05) is 216 Å². The Bertz CT molecular complexity index is 3240. The molecule has 2 aliphatic carbocycles. The Labute approximate surface area is 397 Å². The van der Waals surface area contributed by atoms with Gasteiger partial charge in [-0.3, -0.25) is 4.40 Å². The number of pyridine rings is 1. The molecule has 3 heteroatoms. The third-order valence-electron chi connectivity index (χ3n) is 13.1. The predicted octanol–water partition coefficient (Wildman–Crippen LogP) is 17.3. The predicted molar refractivity (Wildman–Crippen MR) is 291 cm³/mol. The van der Waals surface area contributed by atoms with Crippen LogP contribution in [0.4, 0.5) is 5.69 Å². The molecule has 2 aliphatic rings. The van der Waals surface area contributed by atoms with Crippen LogP contribution in [0.5, 0.6) is 0 Å². The lowest BCUT2D eigenvalue weighted by molar-refractivity contribution is 0.571. The van der Waals surface area contributed by atoms with Crippen LogP contribution in [-0.4, -0.2) is 15.9 Å². The first kappa shape index (κ1) is 44.5. The number of anilines is 1. The minimum absolute atomic E-state index is 0.682. The summed E-state index contributed by atoms with van der Waals surface area (Å²) in [7, 11) is 0. The average Bonchev–Trinajstić information content (AvgIpc) is 3.76. The Morgan fingerprint density at radius 1 is 0.701 bits per heavy atom. The van der Waals surface area contributed by atoms with Crippen molar-refractivity contribution in [3.05, 3.63) is 254 Å². The smallest absolute Gasteiger partial charge is 0.137 e. The number of para-hydroxylation sites is 1. The van der Waals surface area contributed by atoms with Gasteiger partial charge in [0, 0.05) is 35.3 Å². The third-order valence-corrected chi connectivity index (χ3v) is 13.1. The van der Waals surface area contributed by atoms with Crippen molar-refractivity contribution in [3.8, 4) is 22.3 Å². The second-order valence-corrected chi connectivity index (χ2v) is 17.5. The van der Waals surface area contributed by atoms with E-state index in [4.69, 9.17) is 4.98 Å². The Morgan fingerprint density at radius 3 is 1.91 bits per heavy atom. The van der Waals surface area contributed by atoms with Gasteiger partial charge in [-0.2, -0.15) is 0 Å². The molecule has 67 heavy (non-hydrogen) atoms. The summed E-state index contributed by atoms with van der Waals surface area (Å²) < 4.78 is 2.32. The van der Waals surface area contributed by atoms with Gasteiger partial charge in [-0.25, -0.2) is 4.98 Å². The SMILES string of the molecule is C=C/C=C(\C=C1\C=CC=CC1)c1c2ccccc2c(C(/C=C2/C=CC=CC2)=C/C)c2c1nc1ccc(-c3ccc(-c4ccc(C(=C)N(C/C=C\CC(C)CC)c5ccccc5)cc4)cc3)cn12. The zero-order valence-corrected chi connectivity index (χ0v) is 39.1. The lowest BCUT2D eigenvalue weighted by Gasteiger charge is -2.26. The molecule has 3 nitrogen and oxygen atoms in total. The number of benzene rings is 5. The molecule has 330 valence electrons. The topological polar surface area (TPSA) is 20.5 Å². The van der Waals surface area contributed by atoms with Gasteiger partial charge >= 0.3 is 0 Å². The Balaban J connectivity index is 1.10. The highest BCUT2D eigenvalue weighted by atomic mass is 15.1. The van der Waals surface area contributed by atoms with Crippen LogP contribution >= 0.6 is 0 Å². The van der Waals surface area contributed by atoms with E-state index >= 15 is 0 Å². The molecule has 0 radical (unpaired) electrons. The Hall–Kier alpha value is -7.75. The molecule has 0 amide bonds. The monoisotopic (exact) mass is 869 g/mol. The number of hydrogen-bond acceptors (Lipinski definition) is 2. The molecule has 0 bridgehead atoms. The molecule has 0 aliphatic heterocycles.